The topological polar surface area (TPSA) is 92.5 Å². The Morgan fingerprint density at radius 1 is 1.14 bits per heavy atom. The minimum atomic E-state index is -0.175. The summed E-state index contributed by atoms with van der Waals surface area (Å²) in [6, 6.07) is 7.45. The zero-order valence-corrected chi connectivity index (χ0v) is 16.4. The molecule has 0 saturated carbocycles. The van der Waals surface area contributed by atoms with Crippen LogP contribution in [0.1, 0.15) is 38.7 Å². The Labute approximate surface area is 168 Å². The van der Waals surface area contributed by atoms with E-state index in [4.69, 9.17) is 0 Å². The fourth-order valence-corrected chi connectivity index (χ4v) is 3.53. The van der Waals surface area contributed by atoms with E-state index in [1.165, 1.54) is 6.33 Å². The summed E-state index contributed by atoms with van der Waals surface area (Å²) in [5.41, 5.74) is 4.40. The van der Waals surface area contributed by atoms with Crippen molar-refractivity contribution in [2.75, 3.05) is 19.6 Å². The van der Waals surface area contributed by atoms with Crippen LogP contribution in [-0.2, 0) is 0 Å². The molecule has 3 aromatic rings. The predicted molar refractivity (Wildman–Crippen MR) is 108 cm³/mol. The van der Waals surface area contributed by atoms with Gasteiger partial charge in [-0.05, 0) is 44.5 Å². The smallest absolute Gasteiger partial charge is 0.272 e. The highest BCUT2D eigenvalue weighted by Crippen LogP contribution is 2.16. The molecule has 0 aliphatic carbocycles. The summed E-state index contributed by atoms with van der Waals surface area (Å²) in [6.45, 7) is 5.16. The molecule has 1 N–H and O–H groups in total. The minimum Gasteiger partial charge on any atom is -0.348 e. The van der Waals surface area contributed by atoms with Crippen LogP contribution in [0, 0.1) is 13.8 Å². The van der Waals surface area contributed by atoms with Crippen LogP contribution >= 0.6 is 0 Å². The average Bonchev–Trinajstić information content (AvgIpc) is 3.16. The first kappa shape index (κ1) is 18.8. The number of carbonyl (C=O) groups excluding carboxylic acids is 2. The molecule has 0 spiro atoms. The largest absolute Gasteiger partial charge is 0.348 e. The van der Waals surface area contributed by atoms with Crippen LogP contribution in [0.5, 0.6) is 0 Å². The molecule has 8 nitrogen and oxygen atoms in total. The highest BCUT2D eigenvalue weighted by Gasteiger charge is 2.22. The second-order valence-corrected chi connectivity index (χ2v) is 7.04. The van der Waals surface area contributed by atoms with Crippen LogP contribution in [0.3, 0.4) is 0 Å². The molecule has 148 valence electrons. The quantitative estimate of drug-likeness (QED) is 0.688. The Morgan fingerprint density at radius 2 is 1.93 bits per heavy atom. The Kier molecular flexibility index (Phi) is 5.07. The van der Waals surface area contributed by atoms with Crippen molar-refractivity contribution in [1.29, 1.82) is 0 Å². The maximum atomic E-state index is 12.9. The van der Waals surface area contributed by atoms with Crippen molar-refractivity contribution in [2.24, 2.45) is 0 Å². The molecule has 3 aromatic heterocycles. The van der Waals surface area contributed by atoms with Crippen LogP contribution in [0.2, 0.25) is 0 Å². The number of nitrogens with one attached hydrogen (secondary N) is 1. The number of nitrogens with zero attached hydrogens (tertiary/aromatic N) is 5. The first-order valence-corrected chi connectivity index (χ1v) is 9.51. The van der Waals surface area contributed by atoms with Gasteiger partial charge in [0.15, 0.2) is 0 Å². The van der Waals surface area contributed by atoms with Crippen molar-refractivity contribution in [3.63, 3.8) is 0 Å². The van der Waals surface area contributed by atoms with E-state index in [0.717, 1.165) is 11.1 Å². The number of rotatable bonds is 4. The third kappa shape index (κ3) is 3.73. The zero-order valence-electron chi connectivity index (χ0n) is 16.4. The lowest BCUT2D eigenvalue weighted by atomic mass is 10.1. The minimum absolute atomic E-state index is 0.0456. The first-order chi connectivity index (χ1) is 14.0. The van der Waals surface area contributed by atoms with Crippen molar-refractivity contribution in [3.8, 4) is 0 Å². The Balaban J connectivity index is 1.38. The molecule has 4 rings (SSSR count). The van der Waals surface area contributed by atoms with Crippen LogP contribution in [0.15, 0.2) is 48.4 Å². The normalized spacial score (nSPS) is 14.0. The van der Waals surface area contributed by atoms with Gasteiger partial charge in [0, 0.05) is 25.8 Å². The maximum Gasteiger partial charge on any atom is 0.272 e. The van der Waals surface area contributed by atoms with E-state index in [9.17, 15) is 9.59 Å². The number of aromatic nitrogens is 4. The van der Waals surface area contributed by atoms with E-state index >= 15 is 0 Å². The van der Waals surface area contributed by atoms with Gasteiger partial charge in [0.25, 0.3) is 11.8 Å². The van der Waals surface area contributed by atoms with Gasteiger partial charge < -0.3 is 10.2 Å². The average molecular weight is 390 g/mol. The summed E-state index contributed by atoms with van der Waals surface area (Å²) in [5, 5.41) is 7.20. The first-order valence-electron chi connectivity index (χ1n) is 9.51. The SMILES string of the molecule is Cc1ncnc(C)c1C(=O)NCC1=CCN(C(=O)c2ccc3cccnn23)CC1. The van der Waals surface area contributed by atoms with Crippen molar-refractivity contribution in [1.82, 2.24) is 29.8 Å². The summed E-state index contributed by atoms with van der Waals surface area (Å²) >= 11 is 0. The van der Waals surface area contributed by atoms with Gasteiger partial charge in [-0.3, -0.25) is 9.59 Å². The van der Waals surface area contributed by atoms with Crippen molar-refractivity contribution in [2.45, 2.75) is 20.3 Å². The summed E-state index contributed by atoms with van der Waals surface area (Å²) in [7, 11) is 0. The second-order valence-electron chi connectivity index (χ2n) is 7.04. The van der Waals surface area contributed by atoms with Crippen molar-refractivity contribution < 1.29 is 9.59 Å². The zero-order chi connectivity index (χ0) is 20.4. The van der Waals surface area contributed by atoms with Crippen LogP contribution in [0.25, 0.3) is 5.52 Å². The van der Waals surface area contributed by atoms with Crippen LogP contribution < -0.4 is 5.32 Å². The van der Waals surface area contributed by atoms with Gasteiger partial charge >= 0.3 is 0 Å². The number of hydrogen-bond acceptors (Lipinski definition) is 5. The number of fused-ring (bicyclic) bond motifs is 1. The fourth-order valence-electron chi connectivity index (χ4n) is 3.53. The van der Waals surface area contributed by atoms with Gasteiger partial charge in [-0.15, -0.1) is 0 Å². The molecule has 0 aromatic carbocycles. The second kappa shape index (κ2) is 7.83. The molecule has 29 heavy (non-hydrogen) atoms. The van der Waals surface area contributed by atoms with Gasteiger partial charge in [-0.2, -0.15) is 5.10 Å². The monoisotopic (exact) mass is 390 g/mol. The van der Waals surface area contributed by atoms with Gasteiger partial charge in [0.2, 0.25) is 0 Å². The van der Waals surface area contributed by atoms with E-state index in [2.05, 4.69) is 20.4 Å². The lowest BCUT2D eigenvalue weighted by Gasteiger charge is -2.26. The predicted octanol–water partition coefficient (Wildman–Crippen LogP) is 1.94. The van der Waals surface area contributed by atoms with E-state index in [1.54, 1.807) is 35.5 Å². The molecule has 8 heteroatoms. The number of aryl methyl sites for hydroxylation is 2. The van der Waals surface area contributed by atoms with E-state index in [0.29, 0.717) is 48.7 Å². The number of carbonyl (C=O) groups is 2. The highest BCUT2D eigenvalue weighted by atomic mass is 16.2. The highest BCUT2D eigenvalue weighted by molar-refractivity contribution is 5.96. The molecule has 0 saturated heterocycles. The molecule has 4 heterocycles. The van der Waals surface area contributed by atoms with E-state index < -0.39 is 0 Å². The van der Waals surface area contributed by atoms with Gasteiger partial charge in [0.1, 0.15) is 12.0 Å². The van der Waals surface area contributed by atoms with Crippen LogP contribution in [0.4, 0.5) is 0 Å². The summed E-state index contributed by atoms with van der Waals surface area (Å²) in [4.78, 5) is 35.3. The standard InChI is InChI=1S/C21H22N6O2/c1-14-19(15(2)24-13-23-14)20(28)22-12-16-7-10-26(11-8-16)21(29)18-6-5-17-4-3-9-25-27(17)18/h3-7,9,13H,8,10-12H2,1-2H3,(H,22,28). The number of hydrogen-bond donors (Lipinski definition) is 1. The van der Waals surface area contributed by atoms with E-state index in [1.807, 2.05) is 24.3 Å². The van der Waals surface area contributed by atoms with Gasteiger partial charge in [-0.1, -0.05) is 11.6 Å². The third-order valence-corrected chi connectivity index (χ3v) is 5.16. The molecule has 0 atom stereocenters. The van der Waals surface area contributed by atoms with E-state index in [-0.39, 0.29) is 11.8 Å². The molecular weight excluding hydrogens is 368 g/mol. The Morgan fingerprint density at radius 3 is 2.66 bits per heavy atom. The summed E-state index contributed by atoms with van der Waals surface area (Å²) in [6.07, 6.45) is 5.85. The molecule has 0 bridgehead atoms. The lowest BCUT2D eigenvalue weighted by Crippen LogP contribution is -2.37. The summed E-state index contributed by atoms with van der Waals surface area (Å²) < 4.78 is 1.66. The molecule has 2 amide bonds. The fraction of sp³-hybridized carbons (Fsp3) is 0.286. The Hall–Kier alpha value is -3.55. The molecular formula is C21H22N6O2. The molecule has 1 aliphatic heterocycles. The molecule has 0 fully saturated rings. The molecule has 0 unspecified atom stereocenters. The summed E-state index contributed by atoms with van der Waals surface area (Å²) in [5.74, 6) is -0.221. The lowest BCUT2D eigenvalue weighted by molar-refractivity contribution is 0.0759. The Bertz CT molecular complexity index is 1100. The van der Waals surface area contributed by atoms with Crippen molar-refractivity contribution in [3.05, 3.63) is 71.1 Å². The number of amides is 2. The molecule has 0 radical (unpaired) electrons. The maximum absolute atomic E-state index is 12.9. The van der Waals surface area contributed by atoms with Gasteiger partial charge in [-0.25, -0.2) is 14.5 Å². The van der Waals surface area contributed by atoms with Crippen molar-refractivity contribution >= 4 is 17.3 Å². The van der Waals surface area contributed by atoms with Gasteiger partial charge in [0.05, 0.1) is 22.5 Å². The molecule has 1 aliphatic rings. The van der Waals surface area contributed by atoms with Crippen LogP contribution in [-0.4, -0.2) is 55.9 Å². The third-order valence-electron chi connectivity index (χ3n) is 5.16.